The summed E-state index contributed by atoms with van der Waals surface area (Å²) < 4.78 is 0. The minimum absolute atomic E-state index is 0.216. The molecule has 16 heavy (non-hydrogen) atoms. The fraction of sp³-hybridized carbons (Fsp3) is 0.571. The Bertz CT molecular complexity index is 346. The lowest BCUT2D eigenvalue weighted by Crippen LogP contribution is -2.28. The average molecular weight is 218 g/mol. The first-order valence-electron chi connectivity index (χ1n) is 6.28. The fourth-order valence-electron chi connectivity index (χ4n) is 2.50. The van der Waals surface area contributed by atoms with Crippen LogP contribution in [0.1, 0.15) is 38.3 Å². The SMILES string of the molecule is CC(C)CN1CCCC(N)c2ccccc21. The molecule has 0 radical (unpaired) electrons. The first-order chi connectivity index (χ1) is 7.68. The summed E-state index contributed by atoms with van der Waals surface area (Å²) in [6.45, 7) is 6.81. The lowest BCUT2D eigenvalue weighted by molar-refractivity contribution is 0.586. The summed E-state index contributed by atoms with van der Waals surface area (Å²) in [7, 11) is 0. The Kier molecular flexibility index (Phi) is 3.49. The van der Waals surface area contributed by atoms with E-state index in [0.29, 0.717) is 5.92 Å². The predicted octanol–water partition coefficient (Wildman–Crippen LogP) is 2.94. The summed E-state index contributed by atoms with van der Waals surface area (Å²) >= 11 is 0. The highest BCUT2D eigenvalue weighted by Crippen LogP contribution is 2.31. The summed E-state index contributed by atoms with van der Waals surface area (Å²) in [6, 6.07) is 8.82. The maximum absolute atomic E-state index is 6.21. The summed E-state index contributed by atoms with van der Waals surface area (Å²) in [5, 5.41) is 0. The Morgan fingerprint density at radius 3 is 2.88 bits per heavy atom. The molecule has 0 fully saturated rings. The summed E-state index contributed by atoms with van der Waals surface area (Å²) in [6.07, 6.45) is 2.30. The third-order valence-corrected chi connectivity index (χ3v) is 3.21. The molecule has 2 heteroatoms. The van der Waals surface area contributed by atoms with E-state index in [4.69, 9.17) is 5.73 Å². The molecule has 0 spiro atoms. The predicted molar refractivity (Wildman–Crippen MR) is 69.7 cm³/mol. The number of nitrogens with two attached hydrogens (primary N) is 1. The number of para-hydroxylation sites is 1. The molecule has 0 saturated carbocycles. The Labute approximate surface area is 98.4 Å². The largest absolute Gasteiger partial charge is 0.371 e. The lowest BCUT2D eigenvalue weighted by Gasteiger charge is -2.27. The van der Waals surface area contributed by atoms with Crippen molar-refractivity contribution in [2.75, 3.05) is 18.0 Å². The van der Waals surface area contributed by atoms with Gasteiger partial charge >= 0.3 is 0 Å². The first kappa shape index (κ1) is 11.5. The molecule has 0 aliphatic carbocycles. The number of rotatable bonds is 2. The summed E-state index contributed by atoms with van der Waals surface area (Å²) in [5.74, 6) is 0.697. The van der Waals surface area contributed by atoms with Crippen LogP contribution in [0.5, 0.6) is 0 Å². The van der Waals surface area contributed by atoms with E-state index in [1.807, 2.05) is 0 Å². The monoisotopic (exact) mass is 218 g/mol. The molecule has 0 bridgehead atoms. The minimum Gasteiger partial charge on any atom is -0.371 e. The van der Waals surface area contributed by atoms with Crippen LogP contribution in [0, 0.1) is 5.92 Å². The van der Waals surface area contributed by atoms with Gasteiger partial charge in [0.25, 0.3) is 0 Å². The molecule has 0 amide bonds. The van der Waals surface area contributed by atoms with Crippen molar-refractivity contribution in [1.82, 2.24) is 0 Å². The van der Waals surface area contributed by atoms with Crippen molar-refractivity contribution in [2.24, 2.45) is 11.7 Å². The van der Waals surface area contributed by atoms with Crippen molar-refractivity contribution >= 4 is 5.69 Å². The van der Waals surface area contributed by atoms with Gasteiger partial charge in [-0.1, -0.05) is 32.0 Å². The second kappa shape index (κ2) is 4.88. The van der Waals surface area contributed by atoms with E-state index in [1.54, 1.807) is 0 Å². The Morgan fingerprint density at radius 2 is 2.12 bits per heavy atom. The zero-order valence-electron chi connectivity index (χ0n) is 10.3. The van der Waals surface area contributed by atoms with Crippen molar-refractivity contribution in [3.8, 4) is 0 Å². The smallest absolute Gasteiger partial charge is 0.0414 e. The molecule has 2 nitrogen and oxygen atoms in total. The first-order valence-corrected chi connectivity index (χ1v) is 6.28. The van der Waals surface area contributed by atoms with Crippen molar-refractivity contribution in [3.05, 3.63) is 29.8 Å². The zero-order valence-corrected chi connectivity index (χ0v) is 10.3. The number of benzene rings is 1. The van der Waals surface area contributed by atoms with Gasteiger partial charge in [0.2, 0.25) is 0 Å². The number of nitrogens with zero attached hydrogens (tertiary/aromatic N) is 1. The van der Waals surface area contributed by atoms with E-state index in [2.05, 4.69) is 43.0 Å². The molecule has 1 heterocycles. The molecule has 1 aromatic carbocycles. The van der Waals surface area contributed by atoms with Gasteiger partial charge in [0, 0.05) is 24.8 Å². The quantitative estimate of drug-likeness (QED) is 0.827. The van der Waals surface area contributed by atoms with Crippen molar-refractivity contribution < 1.29 is 0 Å². The standard InChI is InChI=1S/C14H22N2/c1-11(2)10-16-9-5-7-13(15)12-6-3-4-8-14(12)16/h3-4,6,8,11,13H,5,7,9-10,15H2,1-2H3. The number of fused-ring (bicyclic) bond motifs is 1. The van der Waals surface area contributed by atoms with E-state index >= 15 is 0 Å². The summed E-state index contributed by atoms with van der Waals surface area (Å²) in [5.41, 5.74) is 8.88. The van der Waals surface area contributed by atoms with Gasteiger partial charge in [-0.15, -0.1) is 0 Å². The van der Waals surface area contributed by atoms with Crippen LogP contribution >= 0.6 is 0 Å². The molecule has 2 N–H and O–H groups in total. The summed E-state index contributed by atoms with van der Waals surface area (Å²) in [4.78, 5) is 2.49. The molecule has 1 unspecified atom stereocenters. The lowest BCUT2D eigenvalue weighted by atomic mass is 10.0. The second-order valence-electron chi connectivity index (χ2n) is 5.15. The van der Waals surface area contributed by atoms with Gasteiger partial charge in [-0.25, -0.2) is 0 Å². The van der Waals surface area contributed by atoms with Gasteiger partial charge in [0.15, 0.2) is 0 Å². The van der Waals surface area contributed by atoms with E-state index in [0.717, 1.165) is 19.5 Å². The highest BCUT2D eigenvalue weighted by atomic mass is 15.1. The van der Waals surface area contributed by atoms with Gasteiger partial charge in [-0.2, -0.15) is 0 Å². The maximum atomic E-state index is 6.21. The minimum atomic E-state index is 0.216. The van der Waals surface area contributed by atoms with Gasteiger partial charge < -0.3 is 10.6 Å². The van der Waals surface area contributed by atoms with Gasteiger partial charge in [-0.05, 0) is 30.4 Å². The molecule has 0 aromatic heterocycles. The molecular weight excluding hydrogens is 196 g/mol. The van der Waals surface area contributed by atoms with Gasteiger partial charge in [0.1, 0.15) is 0 Å². The fourth-order valence-corrected chi connectivity index (χ4v) is 2.50. The highest BCUT2D eigenvalue weighted by Gasteiger charge is 2.20. The third-order valence-electron chi connectivity index (χ3n) is 3.21. The Balaban J connectivity index is 2.31. The molecule has 0 saturated heterocycles. The Hall–Kier alpha value is -1.02. The van der Waals surface area contributed by atoms with Crippen LogP contribution in [0.25, 0.3) is 0 Å². The zero-order chi connectivity index (χ0) is 11.5. The number of hydrogen-bond acceptors (Lipinski definition) is 2. The molecule has 1 aliphatic heterocycles. The topological polar surface area (TPSA) is 29.3 Å². The van der Waals surface area contributed by atoms with E-state index in [-0.39, 0.29) is 6.04 Å². The van der Waals surface area contributed by atoms with Crippen LogP contribution in [0.2, 0.25) is 0 Å². The maximum Gasteiger partial charge on any atom is 0.0414 e. The van der Waals surface area contributed by atoms with Crippen LogP contribution in [0.4, 0.5) is 5.69 Å². The van der Waals surface area contributed by atoms with Crippen molar-refractivity contribution in [1.29, 1.82) is 0 Å². The normalized spacial score (nSPS) is 20.8. The number of hydrogen-bond donors (Lipinski definition) is 1. The van der Waals surface area contributed by atoms with Crippen LogP contribution in [0.3, 0.4) is 0 Å². The Morgan fingerprint density at radius 1 is 1.38 bits per heavy atom. The van der Waals surface area contributed by atoms with Crippen LogP contribution in [-0.2, 0) is 0 Å². The van der Waals surface area contributed by atoms with Crippen LogP contribution in [0.15, 0.2) is 24.3 Å². The van der Waals surface area contributed by atoms with E-state index < -0.39 is 0 Å². The van der Waals surface area contributed by atoms with Crippen molar-refractivity contribution in [2.45, 2.75) is 32.7 Å². The highest BCUT2D eigenvalue weighted by molar-refractivity contribution is 5.55. The average Bonchev–Trinajstić information content (AvgIpc) is 2.40. The van der Waals surface area contributed by atoms with E-state index in [1.165, 1.54) is 17.7 Å². The second-order valence-corrected chi connectivity index (χ2v) is 5.15. The molecule has 1 aliphatic rings. The molecule has 1 aromatic rings. The van der Waals surface area contributed by atoms with Crippen LogP contribution in [-0.4, -0.2) is 13.1 Å². The van der Waals surface area contributed by atoms with Crippen LogP contribution < -0.4 is 10.6 Å². The van der Waals surface area contributed by atoms with E-state index in [9.17, 15) is 0 Å². The van der Waals surface area contributed by atoms with Gasteiger partial charge in [-0.3, -0.25) is 0 Å². The molecule has 88 valence electrons. The molecule has 2 rings (SSSR count). The molecule has 1 atom stereocenters. The molecular formula is C14H22N2. The van der Waals surface area contributed by atoms with Gasteiger partial charge in [0.05, 0.1) is 0 Å². The number of anilines is 1. The third kappa shape index (κ3) is 2.38. The van der Waals surface area contributed by atoms with Crippen molar-refractivity contribution in [3.63, 3.8) is 0 Å².